The van der Waals surface area contributed by atoms with Gasteiger partial charge in [0.2, 0.25) is 0 Å². The highest BCUT2D eigenvalue weighted by Crippen LogP contribution is 2.33. The molecular formula is C25H18BrN5. The molecule has 5 aromatic rings. The molecule has 0 aliphatic rings. The first-order valence-corrected chi connectivity index (χ1v) is 10.7. The summed E-state index contributed by atoms with van der Waals surface area (Å²) in [5, 5.41) is 13.5. The molecule has 0 radical (unpaired) electrons. The Hall–Kier alpha value is -3.69. The molecule has 5 nitrogen and oxygen atoms in total. The van der Waals surface area contributed by atoms with Gasteiger partial charge in [-0.3, -0.25) is 4.40 Å². The average Bonchev–Trinajstić information content (AvgIpc) is 3.17. The van der Waals surface area contributed by atoms with E-state index in [9.17, 15) is 5.26 Å². The van der Waals surface area contributed by atoms with Crippen molar-refractivity contribution in [1.82, 2.24) is 14.4 Å². The minimum atomic E-state index is 0.594. The van der Waals surface area contributed by atoms with Crippen LogP contribution < -0.4 is 5.32 Å². The molecule has 1 N–H and O–H groups in total. The minimum Gasteiger partial charge on any atom is -0.326 e. The molecule has 0 aliphatic heterocycles. The summed E-state index contributed by atoms with van der Waals surface area (Å²) >= 11 is 3.44. The number of hydrogen-bond acceptors (Lipinski definition) is 4. The average molecular weight is 468 g/mol. The van der Waals surface area contributed by atoms with E-state index in [4.69, 9.17) is 4.98 Å². The number of nitrogens with zero attached hydrogens (tertiary/aromatic N) is 4. The Kier molecular flexibility index (Phi) is 4.89. The van der Waals surface area contributed by atoms with E-state index in [1.54, 1.807) is 6.20 Å². The molecule has 0 bridgehead atoms. The molecule has 0 amide bonds. The van der Waals surface area contributed by atoms with Crippen molar-refractivity contribution in [1.29, 1.82) is 5.26 Å². The number of fused-ring (bicyclic) bond motifs is 3. The lowest BCUT2D eigenvalue weighted by Crippen LogP contribution is -2.09. The molecule has 0 spiro atoms. The third-order valence-electron chi connectivity index (χ3n) is 5.43. The number of rotatable bonds is 4. The molecule has 3 aromatic heterocycles. The highest BCUT2D eigenvalue weighted by Gasteiger charge is 2.21. The van der Waals surface area contributed by atoms with Crippen molar-refractivity contribution in [3.63, 3.8) is 0 Å². The fraction of sp³-hybridized carbons (Fsp3) is 0.0800. The number of nitrogens with one attached hydrogen (secondary N) is 1. The van der Waals surface area contributed by atoms with E-state index in [1.807, 2.05) is 65.9 Å². The molecular weight excluding hydrogens is 450 g/mol. The van der Waals surface area contributed by atoms with E-state index >= 15 is 0 Å². The molecule has 0 aliphatic carbocycles. The number of pyridine rings is 2. The summed E-state index contributed by atoms with van der Waals surface area (Å²) in [5.74, 6) is 1.60. The Balaban J connectivity index is 1.83. The van der Waals surface area contributed by atoms with Crippen molar-refractivity contribution in [2.24, 2.45) is 0 Å². The van der Waals surface area contributed by atoms with Crippen molar-refractivity contribution in [3.05, 3.63) is 99.7 Å². The summed E-state index contributed by atoms with van der Waals surface area (Å²) in [7, 11) is 0. The van der Waals surface area contributed by atoms with Crippen LogP contribution in [-0.4, -0.2) is 14.4 Å². The van der Waals surface area contributed by atoms with Crippen LogP contribution in [0.15, 0.2) is 77.4 Å². The van der Waals surface area contributed by atoms with Gasteiger partial charge in [0.25, 0.3) is 0 Å². The maximum absolute atomic E-state index is 10.0. The van der Waals surface area contributed by atoms with E-state index < -0.39 is 0 Å². The Morgan fingerprint density at radius 3 is 2.55 bits per heavy atom. The van der Waals surface area contributed by atoms with Gasteiger partial charge < -0.3 is 5.32 Å². The summed E-state index contributed by atoms with van der Waals surface area (Å²) in [4.78, 5) is 9.29. The number of nitriles is 1. The van der Waals surface area contributed by atoms with Gasteiger partial charge in [-0.15, -0.1) is 0 Å². The van der Waals surface area contributed by atoms with E-state index in [2.05, 4.69) is 44.4 Å². The lowest BCUT2D eigenvalue weighted by atomic mass is 9.98. The van der Waals surface area contributed by atoms with Crippen molar-refractivity contribution >= 4 is 44.2 Å². The van der Waals surface area contributed by atoms with Crippen LogP contribution in [0.2, 0.25) is 0 Å². The zero-order valence-corrected chi connectivity index (χ0v) is 18.4. The number of aromatic nitrogens is 3. The van der Waals surface area contributed by atoms with Crippen molar-refractivity contribution in [3.8, 4) is 6.07 Å². The van der Waals surface area contributed by atoms with Crippen LogP contribution in [0.5, 0.6) is 0 Å². The standard InChI is InChI=1S/C25H18BrN5/c1-16-19(13-17-7-3-2-4-8-17)24(30-23-12-11-18(26)15-28-23)31-22-10-6-5-9-21(22)29-25(31)20(16)14-27/h2-12,15H,13H2,1H3,(H,28,30). The molecule has 0 saturated heterocycles. The second-order valence-corrected chi connectivity index (χ2v) is 8.26. The molecule has 0 saturated carbocycles. The molecule has 0 fully saturated rings. The number of halogens is 1. The number of para-hydroxylation sites is 2. The van der Waals surface area contributed by atoms with Crippen LogP contribution in [0.3, 0.4) is 0 Å². The van der Waals surface area contributed by atoms with E-state index in [0.29, 0.717) is 17.6 Å². The quantitative estimate of drug-likeness (QED) is 0.343. The second-order valence-electron chi connectivity index (χ2n) is 7.35. The van der Waals surface area contributed by atoms with E-state index in [0.717, 1.165) is 38.3 Å². The Bertz CT molecular complexity index is 1450. The van der Waals surface area contributed by atoms with Crippen molar-refractivity contribution in [2.75, 3.05) is 5.32 Å². The minimum absolute atomic E-state index is 0.594. The van der Waals surface area contributed by atoms with Crippen molar-refractivity contribution < 1.29 is 0 Å². The number of hydrogen-bond donors (Lipinski definition) is 1. The number of anilines is 2. The first-order valence-electron chi connectivity index (χ1n) is 9.91. The number of benzene rings is 2. The summed E-state index contributed by atoms with van der Waals surface area (Å²) in [6, 6.07) is 24.5. The van der Waals surface area contributed by atoms with Gasteiger partial charge in [0, 0.05) is 22.7 Å². The third kappa shape index (κ3) is 3.43. The van der Waals surface area contributed by atoms with Gasteiger partial charge in [-0.1, -0.05) is 42.5 Å². The summed E-state index contributed by atoms with van der Waals surface area (Å²) in [6.45, 7) is 2.00. The summed E-state index contributed by atoms with van der Waals surface area (Å²) < 4.78 is 2.96. The first-order chi connectivity index (χ1) is 15.2. The highest BCUT2D eigenvalue weighted by atomic mass is 79.9. The van der Waals surface area contributed by atoms with Crippen molar-refractivity contribution in [2.45, 2.75) is 13.3 Å². The Morgan fingerprint density at radius 1 is 1.03 bits per heavy atom. The van der Waals surface area contributed by atoms with Gasteiger partial charge in [0.05, 0.1) is 16.6 Å². The molecule has 3 heterocycles. The molecule has 5 rings (SSSR count). The van der Waals surface area contributed by atoms with E-state index in [1.165, 1.54) is 5.56 Å². The molecule has 31 heavy (non-hydrogen) atoms. The lowest BCUT2D eigenvalue weighted by Gasteiger charge is -2.19. The largest absolute Gasteiger partial charge is 0.326 e. The monoisotopic (exact) mass is 467 g/mol. The van der Waals surface area contributed by atoms with Gasteiger partial charge >= 0.3 is 0 Å². The Morgan fingerprint density at radius 2 is 1.81 bits per heavy atom. The van der Waals surface area contributed by atoms with Gasteiger partial charge in [-0.2, -0.15) is 5.26 Å². The lowest BCUT2D eigenvalue weighted by molar-refractivity contribution is 1.08. The SMILES string of the molecule is Cc1c(Cc2ccccc2)c(Nc2ccc(Br)cn2)n2c(nc3ccccc32)c1C#N. The third-order valence-corrected chi connectivity index (χ3v) is 5.90. The smallest absolute Gasteiger partial charge is 0.157 e. The molecule has 0 atom stereocenters. The molecule has 6 heteroatoms. The second kappa shape index (κ2) is 7.86. The maximum Gasteiger partial charge on any atom is 0.157 e. The molecule has 150 valence electrons. The topological polar surface area (TPSA) is 66.0 Å². The van der Waals surface area contributed by atoms with Crippen LogP contribution in [-0.2, 0) is 6.42 Å². The number of imidazole rings is 1. The zero-order chi connectivity index (χ0) is 21.4. The predicted octanol–water partition coefficient (Wildman–Crippen LogP) is 6.16. The highest BCUT2D eigenvalue weighted by molar-refractivity contribution is 9.10. The summed E-state index contributed by atoms with van der Waals surface area (Å²) in [5.41, 5.74) is 6.18. The van der Waals surface area contributed by atoms with Crippen LogP contribution in [0, 0.1) is 18.3 Å². The Labute approximate surface area is 188 Å². The van der Waals surface area contributed by atoms with Gasteiger partial charge in [0.1, 0.15) is 17.7 Å². The molecule has 0 unspecified atom stereocenters. The van der Waals surface area contributed by atoms with E-state index in [-0.39, 0.29) is 0 Å². The fourth-order valence-electron chi connectivity index (χ4n) is 3.90. The van der Waals surface area contributed by atoms with Crippen LogP contribution in [0.4, 0.5) is 11.6 Å². The van der Waals surface area contributed by atoms with Crippen LogP contribution >= 0.6 is 15.9 Å². The zero-order valence-electron chi connectivity index (χ0n) is 16.8. The summed E-state index contributed by atoms with van der Waals surface area (Å²) in [6.07, 6.45) is 2.45. The maximum atomic E-state index is 10.0. The first kappa shape index (κ1) is 19.3. The van der Waals surface area contributed by atoms with Crippen LogP contribution in [0.1, 0.15) is 22.3 Å². The van der Waals surface area contributed by atoms with Crippen LogP contribution in [0.25, 0.3) is 16.7 Å². The normalized spacial score (nSPS) is 11.0. The predicted molar refractivity (Wildman–Crippen MR) is 127 cm³/mol. The van der Waals surface area contributed by atoms with Gasteiger partial charge in [0.15, 0.2) is 5.65 Å². The van der Waals surface area contributed by atoms with Gasteiger partial charge in [-0.25, -0.2) is 9.97 Å². The fourth-order valence-corrected chi connectivity index (χ4v) is 4.14. The van der Waals surface area contributed by atoms with Gasteiger partial charge in [-0.05, 0) is 58.2 Å². The molecule has 2 aromatic carbocycles.